The number of rotatable bonds is 7. The van der Waals surface area contributed by atoms with E-state index in [1.807, 2.05) is 54.6 Å². The number of nitrogens with zero attached hydrogens (tertiary/aromatic N) is 3. The lowest BCUT2D eigenvalue weighted by atomic mass is 10.0. The van der Waals surface area contributed by atoms with E-state index >= 15 is 0 Å². The molecule has 4 aromatic rings. The largest absolute Gasteiger partial charge is 0.349 e. The van der Waals surface area contributed by atoms with Gasteiger partial charge in [0, 0.05) is 42.5 Å². The molecule has 0 radical (unpaired) electrons. The fraction of sp³-hybridized carbons (Fsp3) is 0.233. The number of hydrogen-bond acceptors (Lipinski definition) is 5. The molecule has 2 heterocycles. The molecule has 2 N–H and O–H groups in total. The van der Waals surface area contributed by atoms with Gasteiger partial charge >= 0.3 is 0 Å². The zero-order valence-electron chi connectivity index (χ0n) is 20.5. The number of benzene rings is 3. The lowest BCUT2D eigenvalue weighted by molar-refractivity contribution is 0.0909. The Morgan fingerprint density at radius 3 is 2.39 bits per heavy atom. The molecule has 0 bridgehead atoms. The Bertz CT molecular complexity index is 1280. The van der Waals surface area contributed by atoms with Gasteiger partial charge in [0.1, 0.15) is 0 Å². The van der Waals surface area contributed by atoms with Gasteiger partial charge in [-0.1, -0.05) is 66.2 Å². The third-order valence-electron chi connectivity index (χ3n) is 6.58. The molecule has 0 atom stereocenters. The molecule has 0 aliphatic carbocycles. The Morgan fingerprint density at radius 2 is 1.67 bits per heavy atom. The smallest absolute Gasteiger partial charge is 0.251 e. The molecule has 1 amide bonds. The molecule has 6 nitrogen and oxygen atoms in total. The van der Waals surface area contributed by atoms with E-state index in [9.17, 15) is 4.79 Å². The number of aryl methyl sites for hydroxylation is 1. The summed E-state index contributed by atoms with van der Waals surface area (Å²) < 4.78 is 0. The second-order valence-corrected chi connectivity index (χ2v) is 9.39. The molecule has 6 heteroatoms. The van der Waals surface area contributed by atoms with Crippen LogP contribution in [0.3, 0.4) is 0 Å². The van der Waals surface area contributed by atoms with Crippen LogP contribution in [0, 0.1) is 6.92 Å². The van der Waals surface area contributed by atoms with Gasteiger partial charge in [-0.25, -0.2) is 0 Å². The molecule has 1 fully saturated rings. The van der Waals surface area contributed by atoms with Crippen molar-refractivity contribution in [3.8, 4) is 11.3 Å². The molecule has 1 aliphatic heterocycles. The van der Waals surface area contributed by atoms with Crippen molar-refractivity contribution in [3.05, 3.63) is 108 Å². The highest BCUT2D eigenvalue weighted by atomic mass is 16.1. The first kappa shape index (κ1) is 23.7. The molecular weight excluding hydrogens is 446 g/mol. The molecular formula is C30H31N5O. The summed E-state index contributed by atoms with van der Waals surface area (Å²) in [6.45, 7) is 4.99. The molecule has 3 aromatic carbocycles. The van der Waals surface area contributed by atoms with E-state index < -0.39 is 0 Å². The number of likely N-dealkylation sites (tertiary alicyclic amines) is 1. The van der Waals surface area contributed by atoms with Crippen molar-refractivity contribution in [1.29, 1.82) is 0 Å². The summed E-state index contributed by atoms with van der Waals surface area (Å²) in [6.07, 6.45) is 1.92. The summed E-state index contributed by atoms with van der Waals surface area (Å²) in [6, 6.07) is 30.3. The second-order valence-electron chi connectivity index (χ2n) is 9.39. The van der Waals surface area contributed by atoms with Gasteiger partial charge in [0.05, 0.1) is 5.69 Å². The number of aromatic nitrogens is 2. The van der Waals surface area contributed by atoms with Crippen LogP contribution in [0.15, 0.2) is 91.0 Å². The summed E-state index contributed by atoms with van der Waals surface area (Å²) in [5.74, 6) is 0.593. The molecule has 36 heavy (non-hydrogen) atoms. The maximum absolute atomic E-state index is 12.9. The summed E-state index contributed by atoms with van der Waals surface area (Å²) in [5, 5.41) is 15.1. The van der Waals surface area contributed by atoms with Gasteiger partial charge in [0.2, 0.25) is 0 Å². The average Bonchev–Trinajstić information content (AvgIpc) is 2.91. The highest BCUT2D eigenvalue weighted by molar-refractivity contribution is 5.95. The third kappa shape index (κ3) is 6.15. The number of amides is 1. The van der Waals surface area contributed by atoms with E-state index in [1.54, 1.807) is 0 Å². The maximum Gasteiger partial charge on any atom is 0.251 e. The van der Waals surface area contributed by atoms with Crippen molar-refractivity contribution in [2.45, 2.75) is 32.4 Å². The average molecular weight is 478 g/mol. The monoisotopic (exact) mass is 477 g/mol. The Balaban J connectivity index is 1.14. The van der Waals surface area contributed by atoms with Crippen LogP contribution in [0.1, 0.15) is 34.3 Å². The first-order chi connectivity index (χ1) is 17.6. The molecule has 1 saturated heterocycles. The molecule has 0 saturated carbocycles. The Hall–Kier alpha value is -4.03. The van der Waals surface area contributed by atoms with Crippen LogP contribution in [0.4, 0.5) is 11.5 Å². The van der Waals surface area contributed by atoms with Gasteiger partial charge in [0.25, 0.3) is 5.91 Å². The van der Waals surface area contributed by atoms with Crippen LogP contribution in [0.25, 0.3) is 11.3 Å². The van der Waals surface area contributed by atoms with Crippen molar-refractivity contribution in [2.75, 3.05) is 18.4 Å². The van der Waals surface area contributed by atoms with Crippen molar-refractivity contribution in [1.82, 2.24) is 20.4 Å². The van der Waals surface area contributed by atoms with Gasteiger partial charge < -0.3 is 10.6 Å². The van der Waals surface area contributed by atoms with E-state index in [1.165, 1.54) is 11.1 Å². The van der Waals surface area contributed by atoms with Crippen molar-refractivity contribution >= 4 is 17.4 Å². The van der Waals surface area contributed by atoms with E-state index in [-0.39, 0.29) is 11.9 Å². The number of anilines is 2. The van der Waals surface area contributed by atoms with Crippen molar-refractivity contribution < 1.29 is 4.79 Å². The highest BCUT2D eigenvalue weighted by Crippen LogP contribution is 2.21. The highest BCUT2D eigenvalue weighted by Gasteiger charge is 2.21. The minimum absolute atomic E-state index is 0.0408. The standard InChI is InChI=1S/C30H31N5O/c1-22-10-12-24(13-11-22)28-14-15-29(34-33-28)31-27-9-5-8-25(20-27)30(36)32-26-16-18-35(19-17-26)21-23-6-3-2-4-7-23/h2-15,20,26H,16-19,21H2,1H3,(H,31,34)(H,32,36). The van der Waals surface area contributed by atoms with Crippen LogP contribution >= 0.6 is 0 Å². The fourth-order valence-electron chi connectivity index (χ4n) is 4.51. The molecule has 0 spiro atoms. The van der Waals surface area contributed by atoms with E-state index in [0.717, 1.165) is 49.4 Å². The lowest BCUT2D eigenvalue weighted by Crippen LogP contribution is -2.44. The number of hydrogen-bond donors (Lipinski definition) is 2. The number of nitrogens with one attached hydrogen (secondary N) is 2. The molecule has 1 aromatic heterocycles. The lowest BCUT2D eigenvalue weighted by Gasteiger charge is -2.32. The van der Waals surface area contributed by atoms with Crippen LogP contribution in [0.2, 0.25) is 0 Å². The Morgan fingerprint density at radius 1 is 0.889 bits per heavy atom. The first-order valence-corrected chi connectivity index (χ1v) is 12.5. The summed E-state index contributed by atoms with van der Waals surface area (Å²) in [7, 11) is 0. The van der Waals surface area contributed by atoms with Gasteiger partial charge in [-0.2, -0.15) is 0 Å². The quantitative estimate of drug-likeness (QED) is 0.363. The van der Waals surface area contributed by atoms with E-state index in [2.05, 4.69) is 69.1 Å². The first-order valence-electron chi connectivity index (χ1n) is 12.5. The number of carbonyl (C=O) groups is 1. The third-order valence-corrected chi connectivity index (χ3v) is 6.58. The normalized spacial score (nSPS) is 14.4. The van der Waals surface area contributed by atoms with Gasteiger partial charge in [-0.15, -0.1) is 10.2 Å². The minimum Gasteiger partial charge on any atom is -0.349 e. The zero-order valence-corrected chi connectivity index (χ0v) is 20.5. The van der Waals surface area contributed by atoms with Crippen LogP contribution < -0.4 is 10.6 Å². The van der Waals surface area contributed by atoms with E-state index in [0.29, 0.717) is 11.4 Å². The van der Waals surface area contributed by atoms with Crippen LogP contribution in [-0.2, 0) is 6.54 Å². The number of carbonyl (C=O) groups excluding carboxylic acids is 1. The summed E-state index contributed by atoms with van der Waals surface area (Å²) in [5.41, 5.74) is 5.84. The Labute approximate surface area is 212 Å². The fourth-order valence-corrected chi connectivity index (χ4v) is 4.51. The summed E-state index contributed by atoms with van der Waals surface area (Å²) in [4.78, 5) is 15.4. The van der Waals surface area contributed by atoms with Gasteiger partial charge in [-0.05, 0) is 55.7 Å². The minimum atomic E-state index is -0.0408. The van der Waals surface area contributed by atoms with Crippen molar-refractivity contribution in [3.63, 3.8) is 0 Å². The predicted molar refractivity (Wildman–Crippen MR) is 144 cm³/mol. The maximum atomic E-state index is 12.9. The van der Waals surface area contributed by atoms with Gasteiger partial charge in [0.15, 0.2) is 5.82 Å². The zero-order chi connectivity index (χ0) is 24.7. The second kappa shape index (κ2) is 11.1. The molecule has 5 rings (SSSR count). The molecule has 0 unspecified atom stereocenters. The van der Waals surface area contributed by atoms with Crippen LogP contribution in [0.5, 0.6) is 0 Å². The predicted octanol–water partition coefficient (Wildman–Crippen LogP) is 5.59. The Kier molecular flexibility index (Phi) is 7.33. The number of piperidine rings is 1. The van der Waals surface area contributed by atoms with Crippen molar-refractivity contribution in [2.24, 2.45) is 0 Å². The van der Waals surface area contributed by atoms with E-state index in [4.69, 9.17) is 0 Å². The molecule has 182 valence electrons. The van der Waals surface area contributed by atoms with Gasteiger partial charge in [-0.3, -0.25) is 9.69 Å². The SMILES string of the molecule is Cc1ccc(-c2ccc(Nc3cccc(C(=O)NC4CCN(Cc5ccccc5)CC4)c3)nn2)cc1. The summed E-state index contributed by atoms with van der Waals surface area (Å²) >= 11 is 0. The molecule has 1 aliphatic rings. The topological polar surface area (TPSA) is 70.2 Å². The van der Waals surface area contributed by atoms with Crippen LogP contribution in [-0.4, -0.2) is 40.1 Å².